The van der Waals surface area contributed by atoms with Gasteiger partial charge in [0.25, 0.3) is 0 Å². The predicted molar refractivity (Wildman–Crippen MR) is 133 cm³/mol. The van der Waals surface area contributed by atoms with Gasteiger partial charge in [-0.2, -0.15) is 0 Å². The van der Waals surface area contributed by atoms with Crippen molar-refractivity contribution in [3.05, 3.63) is 53.6 Å². The molecule has 0 unspecified atom stereocenters. The Bertz CT molecular complexity index is 875. The van der Waals surface area contributed by atoms with Gasteiger partial charge in [-0.25, -0.2) is 4.79 Å². The number of aliphatic carboxylic acids is 1. The quantitative estimate of drug-likeness (QED) is 0.195. The minimum Gasteiger partial charge on any atom is -0.493 e. The van der Waals surface area contributed by atoms with E-state index in [0.717, 1.165) is 18.4 Å². The molecule has 0 aliphatic heterocycles. The smallest absolute Gasteiger partial charge is 0.338 e. The van der Waals surface area contributed by atoms with Gasteiger partial charge in [-0.05, 0) is 56.2 Å². The van der Waals surface area contributed by atoms with E-state index in [-0.39, 0.29) is 12.4 Å². The van der Waals surface area contributed by atoms with Crippen LogP contribution in [0.5, 0.6) is 17.2 Å². The monoisotopic (exact) mass is 470 g/mol. The summed E-state index contributed by atoms with van der Waals surface area (Å²) >= 11 is 0. The molecule has 0 aliphatic rings. The number of hydrogen-bond acceptors (Lipinski definition) is 5. The molecule has 0 spiro atoms. The second kappa shape index (κ2) is 15.8. The van der Waals surface area contributed by atoms with Crippen molar-refractivity contribution in [2.75, 3.05) is 13.2 Å². The van der Waals surface area contributed by atoms with Crippen molar-refractivity contribution >= 4 is 11.9 Å². The minimum atomic E-state index is -0.873. The van der Waals surface area contributed by atoms with Crippen molar-refractivity contribution in [2.45, 2.75) is 78.1 Å². The van der Waals surface area contributed by atoms with Crippen LogP contribution in [0.15, 0.2) is 42.5 Å². The molecule has 6 nitrogen and oxygen atoms in total. The molecular formula is C28H38O6. The Labute approximate surface area is 203 Å². The SMILES string of the molecule is CCCCCCCCCCOc1cccc(Oc2ccc(C(=O)OCC)cc2)c1CCC(=O)O. The summed E-state index contributed by atoms with van der Waals surface area (Å²) in [5.74, 6) is 0.503. The first kappa shape index (κ1) is 27.2. The zero-order chi connectivity index (χ0) is 24.6. The average Bonchev–Trinajstić information content (AvgIpc) is 2.83. The van der Waals surface area contributed by atoms with Crippen molar-refractivity contribution in [1.29, 1.82) is 0 Å². The van der Waals surface area contributed by atoms with Gasteiger partial charge in [0, 0.05) is 12.0 Å². The van der Waals surface area contributed by atoms with Gasteiger partial charge in [0.05, 0.1) is 18.8 Å². The number of carbonyl (C=O) groups is 2. The third-order valence-electron chi connectivity index (χ3n) is 5.53. The number of esters is 1. The molecule has 0 aromatic heterocycles. The molecule has 34 heavy (non-hydrogen) atoms. The summed E-state index contributed by atoms with van der Waals surface area (Å²) in [5.41, 5.74) is 1.18. The van der Waals surface area contributed by atoms with Crippen molar-refractivity contribution in [3.63, 3.8) is 0 Å². The summed E-state index contributed by atoms with van der Waals surface area (Å²) in [5, 5.41) is 9.20. The molecule has 2 aromatic carbocycles. The van der Waals surface area contributed by atoms with Crippen LogP contribution in [0.25, 0.3) is 0 Å². The van der Waals surface area contributed by atoms with Crippen LogP contribution in [-0.2, 0) is 16.0 Å². The van der Waals surface area contributed by atoms with Crippen molar-refractivity contribution in [2.24, 2.45) is 0 Å². The Morgan fingerprint density at radius 2 is 1.47 bits per heavy atom. The lowest BCUT2D eigenvalue weighted by molar-refractivity contribution is -0.136. The Hall–Kier alpha value is -3.02. The summed E-state index contributed by atoms with van der Waals surface area (Å²) in [6.07, 6.45) is 10.1. The van der Waals surface area contributed by atoms with Crippen LogP contribution in [0, 0.1) is 0 Å². The highest BCUT2D eigenvalue weighted by molar-refractivity contribution is 5.89. The van der Waals surface area contributed by atoms with Gasteiger partial charge in [0.15, 0.2) is 0 Å². The molecular weight excluding hydrogens is 432 g/mol. The van der Waals surface area contributed by atoms with E-state index in [1.165, 1.54) is 38.5 Å². The van der Waals surface area contributed by atoms with Crippen molar-refractivity contribution < 1.29 is 28.9 Å². The third-order valence-corrected chi connectivity index (χ3v) is 5.53. The van der Waals surface area contributed by atoms with Gasteiger partial charge in [-0.15, -0.1) is 0 Å². The highest BCUT2D eigenvalue weighted by Crippen LogP contribution is 2.33. The van der Waals surface area contributed by atoms with Gasteiger partial charge >= 0.3 is 11.9 Å². The molecule has 0 saturated carbocycles. The van der Waals surface area contributed by atoms with Crippen molar-refractivity contribution in [1.82, 2.24) is 0 Å². The summed E-state index contributed by atoms with van der Waals surface area (Å²) < 4.78 is 17.1. The maximum absolute atomic E-state index is 11.9. The number of carboxylic acid groups (broad SMARTS) is 1. The lowest BCUT2D eigenvalue weighted by Gasteiger charge is -2.16. The van der Waals surface area contributed by atoms with Gasteiger partial charge in [0.2, 0.25) is 0 Å². The maximum Gasteiger partial charge on any atom is 0.338 e. The van der Waals surface area contributed by atoms with Gasteiger partial charge in [0.1, 0.15) is 17.2 Å². The lowest BCUT2D eigenvalue weighted by Crippen LogP contribution is -2.05. The maximum atomic E-state index is 11.9. The fraction of sp³-hybridized carbons (Fsp3) is 0.500. The van der Waals surface area contributed by atoms with E-state index >= 15 is 0 Å². The van der Waals surface area contributed by atoms with Crippen LogP contribution in [0.4, 0.5) is 0 Å². The molecule has 0 amide bonds. The molecule has 2 aromatic rings. The lowest BCUT2D eigenvalue weighted by atomic mass is 10.1. The Kier molecular flexibility index (Phi) is 12.6. The number of ether oxygens (including phenoxy) is 3. The zero-order valence-electron chi connectivity index (χ0n) is 20.5. The molecule has 0 bridgehead atoms. The van der Waals surface area contributed by atoms with E-state index < -0.39 is 5.97 Å². The van der Waals surface area contributed by atoms with Gasteiger partial charge in [-0.1, -0.05) is 57.9 Å². The standard InChI is InChI=1S/C28H38O6/c1-3-5-6-7-8-9-10-11-21-33-25-13-12-14-26(24(25)19-20-27(29)30)34-23-17-15-22(16-18-23)28(31)32-4-2/h12-18H,3-11,19-21H2,1-2H3,(H,29,30). The number of rotatable bonds is 17. The van der Waals surface area contributed by atoms with Crippen molar-refractivity contribution in [3.8, 4) is 17.2 Å². The second-order valence-electron chi connectivity index (χ2n) is 8.30. The number of carboxylic acids is 1. The summed E-state index contributed by atoms with van der Waals surface area (Å²) in [4.78, 5) is 23.1. The summed E-state index contributed by atoms with van der Waals surface area (Å²) in [7, 11) is 0. The number of benzene rings is 2. The molecule has 0 radical (unpaired) electrons. The van der Waals surface area contributed by atoms with Crippen LogP contribution >= 0.6 is 0 Å². The average molecular weight is 471 g/mol. The highest BCUT2D eigenvalue weighted by atomic mass is 16.5. The first-order chi connectivity index (χ1) is 16.5. The molecule has 0 saturated heterocycles. The van der Waals surface area contributed by atoms with E-state index in [2.05, 4.69) is 6.92 Å². The number of hydrogen-bond donors (Lipinski definition) is 1. The first-order valence-electron chi connectivity index (χ1n) is 12.5. The summed E-state index contributed by atoms with van der Waals surface area (Å²) in [6.45, 7) is 4.89. The van der Waals surface area contributed by atoms with E-state index in [0.29, 0.717) is 42.4 Å². The molecule has 186 valence electrons. The molecule has 2 rings (SSSR count). The van der Waals surface area contributed by atoms with Gasteiger partial charge < -0.3 is 19.3 Å². The summed E-state index contributed by atoms with van der Waals surface area (Å²) in [6, 6.07) is 12.2. The fourth-order valence-corrected chi connectivity index (χ4v) is 3.67. The van der Waals surface area contributed by atoms with Crippen LogP contribution in [0.3, 0.4) is 0 Å². The molecule has 0 fully saturated rings. The fourth-order valence-electron chi connectivity index (χ4n) is 3.67. The molecule has 6 heteroatoms. The van der Waals surface area contributed by atoms with Crippen LogP contribution in [0.2, 0.25) is 0 Å². The Morgan fingerprint density at radius 1 is 0.824 bits per heavy atom. The normalized spacial score (nSPS) is 10.6. The molecule has 1 N–H and O–H groups in total. The van der Waals surface area contributed by atoms with Crippen LogP contribution in [0.1, 0.15) is 87.6 Å². The second-order valence-corrected chi connectivity index (χ2v) is 8.30. The minimum absolute atomic E-state index is 0.0176. The van der Waals surface area contributed by atoms with Gasteiger partial charge in [-0.3, -0.25) is 4.79 Å². The highest BCUT2D eigenvalue weighted by Gasteiger charge is 2.14. The molecule has 0 atom stereocenters. The third kappa shape index (κ3) is 9.86. The van der Waals surface area contributed by atoms with Crippen LogP contribution in [-0.4, -0.2) is 30.3 Å². The van der Waals surface area contributed by atoms with Crippen LogP contribution < -0.4 is 9.47 Å². The Balaban J connectivity index is 1.98. The molecule has 0 aliphatic carbocycles. The predicted octanol–water partition coefficient (Wildman–Crippen LogP) is 7.19. The zero-order valence-corrected chi connectivity index (χ0v) is 20.5. The first-order valence-corrected chi connectivity index (χ1v) is 12.5. The number of unbranched alkanes of at least 4 members (excludes halogenated alkanes) is 7. The van der Waals surface area contributed by atoms with E-state index in [9.17, 15) is 14.7 Å². The van der Waals surface area contributed by atoms with E-state index in [1.807, 2.05) is 12.1 Å². The van der Waals surface area contributed by atoms with E-state index in [4.69, 9.17) is 14.2 Å². The Morgan fingerprint density at radius 3 is 2.12 bits per heavy atom. The molecule has 0 heterocycles. The number of carbonyl (C=O) groups excluding carboxylic acids is 1. The van der Waals surface area contributed by atoms with E-state index in [1.54, 1.807) is 37.3 Å². The topological polar surface area (TPSA) is 82.1 Å². The largest absolute Gasteiger partial charge is 0.493 e.